The van der Waals surface area contributed by atoms with Crippen molar-refractivity contribution in [2.45, 2.75) is 19.3 Å². The van der Waals surface area contributed by atoms with E-state index in [4.69, 9.17) is 0 Å². The molecule has 0 spiro atoms. The highest BCUT2D eigenvalue weighted by molar-refractivity contribution is 7.89. The van der Waals surface area contributed by atoms with E-state index in [1.807, 2.05) is 0 Å². The molecular weight excluding hydrogens is 342 g/mol. The third kappa shape index (κ3) is 5.99. The predicted octanol–water partition coefficient (Wildman–Crippen LogP) is 0.895. The Balaban J connectivity index is 1.76. The van der Waals surface area contributed by atoms with Crippen molar-refractivity contribution in [1.29, 1.82) is 0 Å². The second-order valence-electron chi connectivity index (χ2n) is 5.84. The van der Waals surface area contributed by atoms with E-state index in [0.29, 0.717) is 18.8 Å². The number of carbonyl (C=O) groups is 2. The van der Waals surface area contributed by atoms with Gasteiger partial charge in [0.15, 0.2) is 0 Å². The van der Waals surface area contributed by atoms with Crippen LogP contribution < -0.4 is 10.6 Å². The molecular formula is C17H23N3O4S. The second kappa shape index (κ2) is 8.77. The van der Waals surface area contributed by atoms with E-state index in [2.05, 4.69) is 17.2 Å². The minimum Gasteiger partial charge on any atom is -0.355 e. The van der Waals surface area contributed by atoms with Gasteiger partial charge in [-0.05, 0) is 36.6 Å². The Labute approximate surface area is 148 Å². The van der Waals surface area contributed by atoms with Crippen LogP contribution in [0.25, 0.3) is 0 Å². The number of anilines is 1. The molecule has 1 aromatic carbocycles. The molecule has 0 aromatic heterocycles. The molecule has 0 radical (unpaired) electrons. The summed E-state index contributed by atoms with van der Waals surface area (Å²) in [5.41, 5.74) is 1.39. The summed E-state index contributed by atoms with van der Waals surface area (Å²) < 4.78 is 25.6. The van der Waals surface area contributed by atoms with Gasteiger partial charge in [-0.15, -0.1) is 0 Å². The fourth-order valence-electron chi connectivity index (χ4n) is 2.56. The molecule has 0 aliphatic carbocycles. The summed E-state index contributed by atoms with van der Waals surface area (Å²) in [5, 5.41) is 5.26. The smallest absolute Gasteiger partial charge is 0.247 e. The van der Waals surface area contributed by atoms with Crippen molar-refractivity contribution in [3.05, 3.63) is 42.5 Å². The van der Waals surface area contributed by atoms with Crippen LogP contribution in [0, 0.1) is 0 Å². The lowest BCUT2D eigenvalue weighted by Crippen LogP contribution is -2.36. The van der Waals surface area contributed by atoms with Gasteiger partial charge in [-0.3, -0.25) is 9.59 Å². The molecule has 2 rings (SSSR count). The van der Waals surface area contributed by atoms with Crippen molar-refractivity contribution in [1.82, 2.24) is 9.62 Å². The zero-order valence-electron chi connectivity index (χ0n) is 14.0. The Bertz CT molecular complexity index is 723. The van der Waals surface area contributed by atoms with Gasteiger partial charge in [0.05, 0.1) is 12.2 Å². The molecule has 1 aliphatic rings. The largest absolute Gasteiger partial charge is 0.355 e. The van der Waals surface area contributed by atoms with Crippen molar-refractivity contribution < 1.29 is 18.0 Å². The molecule has 2 N–H and O–H groups in total. The summed E-state index contributed by atoms with van der Waals surface area (Å²) in [6.07, 6.45) is 3.13. The fourth-order valence-corrected chi connectivity index (χ4v) is 3.99. The molecule has 0 bridgehead atoms. The molecule has 8 heteroatoms. The summed E-state index contributed by atoms with van der Waals surface area (Å²) in [6.45, 7) is 4.62. The number of carbonyl (C=O) groups excluding carboxylic acids is 2. The molecule has 136 valence electrons. The lowest BCUT2D eigenvalue weighted by atomic mass is 10.1. The average Bonchev–Trinajstić information content (AvgIpc) is 3.12. The van der Waals surface area contributed by atoms with Crippen LogP contribution in [0.5, 0.6) is 0 Å². The van der Waals surface area contributed by atoms with Gasteiger partial charge in [0, 0.05) is 25.3 Å². The molecule has 0 unspecified atom stereocenters. The summed E-state index contributed by atoms with van der Waals surface area (Å²) >= 11 is 0. The van der Waals surface area contributed by atoms with Gasteiger partial charge in [-0.2, -0.15) is 0 Å². The van der Waals surface area contributed by atoms with E-state index in [9.17, 15) is 18.0 Å². The van der Waals surface area contributed by atoms with Crippen molar-refractivity contribution in [2.24, 2.45) is 0 Å². The molecule has 1 fully saturated rings. The van der Waals surface area contributed by atoms with E-state index in [1.165, 1.54) is 10.4 Å². The maximum Gasteiger partial charge on any atom is 0.247 e. The van der Waals surface area contributed by atoms with E-state index in [1.54, 1.807) is 24.3 Å². The van der Waals surface area contributed by atoms with Crippen LogP contribution in [-0.2, 0) is 26.0 Å². The first kappa shape index (κ1) is 19.1. The summed E-state index contributed by atoms with van der Waals surface area (Å²) in [5.74, 6) is -0.616. The highest BCUT2D eigenvalue weighted by Crippen LogP contribution is 2.13. The minimum absolute atomic E-state index is 0.0781. The predicted molar refractivity (Wildman–Crippen MR) is 96.6 cm³/mol. The topological polar surface area (TPSA) is 95.6 Å². The van der Waals surface area contributed by atoms with Crippen LogP contribution in [0.1, 0.15) is 18.4 Å². The molecule has 1 heterocycles. The zero-order valence-corrected chi connectivity index (χ0v) is 14.8. The normalized spacial score (nSPS) is 14.9. The van der Waals surface area contributed by atoms with Crippen molar-refractivity contribution in [3.63, 3.8) is 0 Å². The van der Waals surface area contributed by atoms with Crippen molar-refractivity contribution in [3.8, 4) is 0 Å². The van der Waals surface area contributed by atoms with E-state index in [0.717, 1.165) is 18.4 Å². The maximum atomic E-state index is 12.1. The summed E-state index contributed by atoms with van der Waals surface area (Å²) in [7, 11) is -3.28. The summed E-state index contributed by atoms with van der Waals surface area (Å²) in [4.78, 5) is 23.1. The Morgan fingerprint density at radius 1 is 1.16 bits per heavy atom. The first-order chi connectivity index (χ1) is 11.9. The quantitative estimate of drug-likeness (QED) is 0.669. The van der Waals surface area contributed by atoms with Gasteiger partial charge in [0.1, 0.15) is 0 Å². The highest BCUT2D eigenvalue weighted by atomic mass is 32.2. The van der Waals surface area contributed by atoms with Crippen LogP contribution in [0.3, 0.4) is 0 Å². The van der Waals surface area contributed by atoms with E-state index >= 15 is 0 Å². The molecule has 25 heavy (non-hydrogen) atoms. The van der Waals surface area contributed by atoms with Crippen molar-refractivity contribution in [2.75, 3.05) is 30.7 Å². The van der Waals surface area contributed by atoms with Crippen LogP contribution >= 0.6 is 0 Å². The van der Waals surface area contributed by atoms with Crippen LogP contribution in [0.2, 0.25) is 0 Å². The van der Waals surface area contributed by atoms with Gasteiger partial charge in [-0.1, -0.05) is 18.7 Å². The third-order valence-corrected chi connectivity index (χ3v) is 5.78. The Morgan fingerprint density at radius 2 is 1.80 bits per heavy atom. The number of nitrogens with zero attached hydrogens (tertiary/aromatic N) is 1. The first-order valence-electron chi connectivity index (χ1n) is 8.17. The van der Waals surface area contributed by atoms with E-state index < -0.39 is 10.0 Å². The van der Waals surface area contributed by atoms with Gasteiger partial charge in [0.25, 0.3) is 0 Å². The molecule has 2 amide bonds. The number of hydrogen-bond donors (Lipinski definition) is 2. The molecule has 0 saturated carbocycles. The van der Waals surface area contributed by atoms with Gasteiger partial charge < -0.3 is 10.6 Å². The van der Waals surface area contributed by atoms with Crippen molar-refractivity contribution >= 4 is 27.5 Å². The van der Waals surface area contributed by atoms with Gasteiger partial charge >= 0.3 is 0 Å². The van der Waals surface area contributed by atoms with Gasteiger partial charge in [-0.25, -0.2) is 12.7 Å². The Kier molecular flexibility index (Phi) is 6.72. The number of sulfonamides is 1. The fraction of sp³-hybridized carbons (Fsp3) is 0.412. The van der Waals surface area contributed by atoms with Gasteiger partial charge in [0.2, 0.25) is 21.8 Å². The number of amides is 2. The summed E-state index contributed by atoms with van der Waals surface area (Å²) in [6, 6.07) is 6.86. The highest BCUT2D eigenvalue weighted by Gasteiger charge is 2.24. The number of benzene rings is 1. The monoisotopic (exact) mass is 365 g/mol. The zero-order chi connectivity index (χ0) is 18.3. The number of hydrogen-bond acceptors (Lipinski definition) is 4. The van der Waals surface area contributed by atoms with Crippen LogP contribution in [-0.4, -0.2) is 49.9 Å². The number of rotatable bonds is 8. The van der Waals surface area contributed by atoms with E-state index in [-0.39, 0.29) is 30.5 Å². The second-order valence-corrected chi connectivity index (χ2v) is 7.93. The average molecular weight is 365 g/mol. The Hall–Kier alpha value is -2.19. The maximum absolute atomic E-state index is 12.1. The molecule has 7 nitrogen and oxygen atoms in total. The standard InChI is InChI=1S/C17H23N3O4S/c1-2-16(21)19-15-7-5-14(6-8-15)13-17(22)18-9-12-25(23,24)20-10-3-4-11-20/h2,5-8H,1,3-4,9-13H2,(H,18,22)(H,19,21). The number of nitrogens with one attached hydrogen (secondary N) is 2. The van der Waals surface area contributed by atoms with Crippen LogP contribution in [0.4, 0.5) is 5.69 Å². The lowest BCUT2D eigenvalue weighted by Gasteiger charge is -2.15. The molecule has 0 atom stereocenters. The van der Waals surface area contributed by atoms with Crippen LogP contribution in [0.15, 0.2) is 36.9 Å². The molecule has 1 saturated heterocycles. The minimum atomic E-state index is -3.28. The SMILES string of the molecule is C=CC(=O)Nc1ccc(CC(=O)NCCS(=O)(=O)N2CCCC2)cc1. The lowest BCUT2D eigenvalue weighted by molar-refractivity contribution is -0.120. The Morgan fingerprint density at radius 3 is 2.40 bits per heavy atom. The third-order valence-electron chi connectivity index (χ3n) is 3.91. The molecule has 1 aliphatic heterocycles. The molecule has 1 aromatic rings. The first-order valence-corrected chi connectivity index (χ1v) is 9.78.